The largest absolute Gasteiger partial charge is 0.326 e. The number of rotatable bonds is 9. The summed E-state index contributed by atoms with van der Waals surface area (Å²) in [4.78, 5) is 37.0. The number of carbonyl (C=O) groups excluding carboxylic acids is 3. The van der Waals surface area contributed by atoms with Gasteiger partial charge in [-0.15, -0.1) is 23.2 Å². The molecule has 0 saturated carbocycles. The third-order valence-electron chi connectivity index (χ3n) is 4.77. The number of nitrogens with one attached hydrogen (secondary N) is 3. The Balaban J connectivity index is 2.24. The van der Waals surface area contributed by atoms with Gasteiger partial charge in [-0.1, -0.05) is 18.5 Å². The number of benzene rings is 2. The molecular formula is C22H22Cl3F2N3O3S. The van der Waals surface area contributed by atoms with Crippen LogP contribution >= 0.6 is 46.6 Å². The van der Waals surface area contributed by atoms with Crippen LogP contribution in [0.25, 0.3) is 0 Å². The summed E-state index contributed by atoms with van der Waals surface area (Å²) in [5.74, 6) is -4.32. The number of alkyl halides is 2. The summed E-state index contributed by atoms with van der Waals surface area (Å²) in [6, 6.07) is 6.05. The minimum Gasteiger partial charge on any atom is -0.326 e. The molecule has 12 heteroatoms. The van der Waals surface area contributed by atoms with Crippen molar-refractivity contribution in [2.75, 3.05) is 28.0 Å². The second-order valence-electron chi connectivity index (χ2n) is 7.39. The zero-order chi connectivity index (χ0) is 25.6. The van der Waals surface area contributed by atoms with E-state index in [2.05, 4.69) is 16.0 Å². The lowest BCUT2D eigenvalue weighted by Crippen LogP contribution is -2.32. The average molecular weight is 553 g/mol. The Hall–Kier alpha value is -2.07. The van der Waals surface area contributed by atoms with Crippen LogP contribution < -0.4 is 16.0 Å². The van der Waals surface area contributed by atoms with Gasteiger partial charge in [0.1, 0.15) is 15.8 Å². The Morgan fingerprint density at radius 1 is 1.09 bits per heavy atom. The van der Waals surface area contributed by atoms with Crippen molar-refractivity contribution in [3.63, 3.8) is 0 Å². The Bertz CT molecular complexity index is 1100. The smallest absolute Gasteiger partial charge is 0.257 e. The van der Waals surface area contributed by atoms with Crippen LogP contribution in [0.5, 0.6) is 0 Å². The molecule has 2 rings (SSSR count). The van der Waals surface area contributed by atoms with Crippen molar-refractivity contribution in [3.05, 3.63) is 52.6 Å². The maximum atomic E-state index is 14.9. The lowest BCUT2D eigenvalue weighted by molar-refractivity contribution is -0.119. The van der Waals surface area contributed by atoms with E-state index in [0.717, 1.165) is 12.1 Å². The molecule has 0 saturated heterocycles. The SMILES string of the molecule is CSCCC(=O)Nc1c(F)ccc(NC(=O)c2cc(NC(=O)C(C)C(C)(Cl)Cl)ccc2Cl)c1F. The van der Waals surface area contributed by atoms with Gasteiger partial charge in [-0.25, -0.2) is 8.78 Å². The number of hydrogen-bond acceptors (Lipinski definition) is 4. The van der Waals surface area contributed by atoms with E-state index in [0.29, 0.717) is 5.75 Å². The van der Waals surface area contributed by atoms with Crippen molar-refractivity contribution in [2.45, 2.75) is 24.6 Å². The summed E-state index contributed by atoms with van der Waals surface area (Å²) in [7, 11) is 0. The van der Waals surface area contributed by atoms with Crippen molar-refractivity contribution in [1.29, 1.82) is 0 Å². The van der Waals surface area contributed by atoms with Gasteiger partial charge in [-0.05, 0) is 43.5 Å². The number of carbonyl (C=O) groups is 3. The summed E-state index contributed by atoms with van der Waals surface area (Å²) >= 11 is 19.5. The fraction of sp³-hybridized carbons (Fsp3) is 0.318. The molecule has 0 aliphatic heterocycles. The Labute approximate surface area is 215 Å². The minimum atomic E-state index is -1.32. The summed E-state index contributed by atoms with van der Waals surface area (Å²) in [6.45, 7) is 3.01. The molecule has 0 aliphatic carbocycles. The number of amides is 3. The summed E-state index contributed by atoms with van der Waals surface area (Å²) in [5, 5.41) is 7.09. The Kier molecular flexibility index (Phi) is 9.99. The van der Waals surface area contributed by atoms with Crippen LogP contribution in [0.4, 0.5) is 25.8 Å². The number of halogens is 5. The molecule has 1 atom stereocenters. The molecule has 1 unspecified atom stereocenters. The van der Waals surface area contributed by atoms with E-state index in [-0.39, 0.29) is 28.4 Å². The van der Waals surface area contributed by atoms with Gasteiger partial charge >= 0.3 is 0 Å². The fourth-order valence-electron chi connectivity index (χ4n) is 2.61. The first-order chi connectivity index (χ1) is 15.8. The molecule has 0 bridgehead atoms. The summed E-state index contributed by atoms with van der Waals surface area (Å²) in [5.41, 5.74) is -0.896. The van der Waals surface area contributed by atoms with E-state index in [1.807, 2.05) is 0 Å². The fourth-order valence-corrected chi connectivity index (χ4v) is 3.40. The molecule has 3 amide bonds. The van der Waals surface area contributed by atoms with Gasteiger partial charge < -0.3 is 16.0 Å². The molecule has 0 aromatic heterocycles. The number of anilines is 3. The molecule has 184 valence electrons. The molecule has 2 aromatic carbocycles. The molecule has 0 fully saturated rings. The van der Waals surface area contributed by atoms with Crippen LogP contribution in [-0.2, 0) is 9.59 Å². The monoisotopic (exact) mass is 551 g/mol. The van der Waals surface area contributed by atoms with E-state index in [9.17, 15) is 23.2 Å². The Morgan fingerprint density at radius 3 is 2.38 bits per heavy atom. The first-order valence-corrected chi connectivity index (χ1v) is 12.4. The molecule has 0 aliphatic rings. The minimum absolute atomic E-state index is 0.0242. The van der Waals surface area contributed by atoms with Crippen LogP contribution in [0.1, 0.15) is 30.6 Å². The van der Waals surface area contributed by atoms with E-state index >= 15 is 0 Å². The van der Waals surface area contributed by atoms with Crippen molar-refractivity contribution >= 4 is 81.3 Å². The van der Waals surface area contributed by atoms with Crippen molar-refractivity contribution < 1.29 is 23.2 Å². The number of hydrogen-bond donors (Lipinski definition) is 3. The van der Waals surface area contributed by atoms with Gasteiger partial charge in [0.25, 0.3) is 5.91 Å². The molecule has 34 heavy (non-hydrogen) atoms. The van der Waals surface area contributed by atoms with Crippen molar-refractivity contribution in [2.24, 2.45) is 5.92 Å². The van der Waals surface area contributed by atoms with Gasteiger partial charge in [0.05, 0.1) is 22.2 Å². The molecule has 2 aromatic rings. The van der Waals surface area contributed by atoms with Gasteiger partial charge in [-0.3, -0.25) is 14.4 Å². The normalized spacial score (nSPS) is 12.1. The lowest BCUT2D eigenvalue weighted by atomic mass is 10.1. The van der Waals surface area contributed by atoms with Crippen LogP contribution in [0.15, 0.2) is 30.3 Å². The molecule has 3 N–H and O–H groups in total. The predicted octanol–water partition coefficient (Wildman–Crippen LogP) is 6.33. The summed E-state index contributed by atoms with van der Waals surface area (Å²) in [6.07, 6.45) is 1.86. The topological polar surface area (TPSA) is 87.3 Å². The van der Waals surface area contributed by atoms with E-state index in [4.69, 9.17) is 34.8 Å². The zero-order valence-electron chi connectivity index (χ0n) is 18.4. The maximum absolute atomic E-state index is 14.9. The highest BCUT2D eigenvalue weighted by Gasteiger charge is 2.31. The molecule has 6 nitrogen and oxygen atoms in total. The van der Waals surface area contributed by atoms with Crippen molar-refractivity contribution in [3.8, 4) is 0 Å². The highest BCUT2D eigenvalue weighted by atomic mass is 35.5. The molecular weight excluding hydrogens is 531 g/mol. The molecule has 0 heterocycles. The second-order valence-corrected chi connectivity index (χ2v) is 10.5. The number of thioether (sulfide) groups is 1. The second kappa shape index (κ2) is 12.1. The van der Waals surface area contributed by atoms with E-state index < -0.39 is 45.3 Å². The first kappa shape index (κ1) is 28.2. The highest BCUT2D eigenvalue weighted by Crippen LogP contribution is 2.31. The van der Waals surface area contributed by atoms with Crippen LogP contribution in [-0.4, -0.2) is 34.1 Å². The van der Waals surface area contributed by atoms with E-state index in [1.165, 1.54) is 43.8 Å². The van der Waals surface area contributed by atoms with Gasteiger partial charge in [0, 0.05) is 17.9 Å². The third-order valence-corrected chi connectivity index (χ3v) is 6.37. The lowest BCUT2D eigenvalue weighted by Gasteiger charge is -2.21. The molecule has 0 spiro atoms. The van der Waals surface area contributed by atoms with Gasteiger partial charge in [0.15, 0.2) is 5.82 Å². The predicted molar refractivity (Wildman–Crippen MR) is 135 cm³/mol. The van der Waals surface area contributed by atoms with Gasteiger partial charge in [-0.2, -0.15) is 11.8 Å². The van der Waals surface area contributed by atoms with E-state index in [1.54, 1.807) is 6.26 Å². The highest BCUT2D eigenvalue weighted by molar-refractivity contribution is 7.98. The first-order valence-electron chi connectivity index (χ1n) is 9.91. The quantitative estimate of drug-likeness (QED) is 0.317. The standard InChI is InChI=1S/C22H22Cl3F2N3O3S/c1-11(22(2,24)25)20(32)28-12-4-5-14(23)13(10-12)21(33)29-16-7-6-15(26)19(18(16)27)30-17(31)8-9-34-3/h4-7,10-11H,8-9H2,1-3H3,(H,28,32)(H,29,33)(H,30,31). The van der Waals surface area contributed by atoms with Crippen LogP contribution in [0, 0.1) is 17.6 Å². The van der Waals surface area contributed by atoms with Gasteiger partial charge in [0.2, 0.25) is 11.8 Å². The van der Waals surface area contributed by atoms with Crippen molar-refractivity contribution in [1.82, 2.24) is 0 Å². The summed E-state index contributed by atoms with van der Waals surface area (Å²) < 4.78 is 27.6. The third kappa shape index (κ3) is 7.46. The zero-order valence-corrected chi connectivity index (χ0v) is 21.5. The maximum Gasteiger partial charge on any atom is 0.257 e. The Morgan fingerprint density at radius 2 is 1.76 bits per heavy atom. The average Bonchev–Trinajstić information content (AvgIpc) is 2.77. The van der Waals surface area contributed by atoms with Crippen LogP contribution in [0.2, 0.25) is 5.02 Å². The molecule has 0 radical (unpaired) electrons. The van der Waals surface area contributed by atoms with Crippen LogP contribution in [0.3, 0.4) is 0 Å².